The van der Waals surface area contributed by atoms with Crippen LogP contribution in [0.4, 0.5) is 0 Å². The molecule has 0 radical (unpaired) electrons. The number of aromatic carboxylic acids is 1. The third-order valence-electron chi connectivity index (χ3n) is 2.71. The van der Waals surface area contributed by atoms with Gasteiger partial charge in [0.05, 0.1) is 19.8 Å². The Kier molecular flexibility index (Phi) is 3.41. The SMILES string of the molecule is COc1cc(OC)c(-c2cc(C(=O)O)no2)cc1C. The Bertz CT molecular complexity index is 617. The molecule has 100 valence electrons. The number of aryl methyl sites for hydroxylation is 1. The van der Waals surface area contributed by atoms with Crippen LogP contribution in [0.25, 0.3) is 11.3 Å². The molecule has 0 fully saturated rings. The zero-order chi connectivity index (χ0) is 14.0. The summed E-state index contributed by atoms with van der Waals surface area (Å²) in [6, 6.07) is 4.86. The first-order valence-corrected chi connectivity index (χ1v) is 5.49. The van der Waals surface area contributed by atoms with Gasteiger partial charge in [0, 0.05) is 12.1 Å². The molecule has 0 atom stereocenters. The van der Waals surface area contributed by atoms with Gasteiger partial charge in [-0.1, -0.05) is 5.16 Å². The molecule has 2 rings (SSSR count). The minimum atomic E-state index is -1.14. The number of carboxylic acids is 1. The van der Waals surface area contributed by atoms with Crippen LogP contribution in [-0.2, 0) is 0 Å². The van der Waals surface area contributed by atoms with Crippen LogP contribution in [0.3, 0.4) is 0 Å². The highest BCUT2D eigenvalue weighted by atomic mass is 16.5. The summed E-state index contributed by atoms with van der Waals surface area (Å²) in [7, 11) is 3.08. The summed E-state index contributed by atoms with van der Waals surface area (Å²) in [5.74, 6) is 0.397. The van der Waals surface area contributed by atoms with E-state index >= 15 is 0 Å². The first-order valence-electron chi connectivity index (χ1n) is 5.49. The smallest absolute Gasteiger partial charge is 0.358 e. The molecule has 0 saturated carbocycles. The highest BCUT2D eigenvalue weighted by Crippen LogP contribution is 2.36. The second-order valence-corrected chi connectivity index (χ2v) is 3.90. The van der Waals surface area contributed by atoms with Crippen molar-refractivity contribution in [2.45, 2.75) is 6.92 Å². The van der Waals surface area contributed by atoms with Crippen LogP contribution in [0.2, 0.25) is 0 Å². The van der Waals surface area contributed by atoms with Crippen LogP contribution >= 0.6 is 0 Å². The molecule has 6 heteroatoms. The molecule has 0 amide bonds. The Morgan fingerprint density at radius 1 is 1.21 bits per heavy atom. The van der Waals surface area contributed by atoms with Crippen molar-refractivity contribution in [3.8, 4) is 22.8 Å². The molecule has 0 bridgehead atoms. The first kappa shape index (κ1) is 12.9. The number of nitrogens with zero attached hydrogens (tertiary/aromatic N) is 1. The molecule has 0 aliphatic carbocycles. The molecule has 6 nitrogen and oxygen atoms in total. The largest absolute Gasteiger partial charge is 0.496 e. The van der Waals surface area contributed by atoms with Gasteiger partial charge in [-0.05, 0) is 18.6 Å². The normalized spacial score (nSPS) is 10.3. The third-order valence-corrected chi connectivity index (χ3v) is 2.71. The molecule has 0 spiro atoms. The maximum absolute atomic E-state index is 10.8. The van der Waals surface area contributed by atoms with Crippen molar-refractivity contribution in [3.63, 3.8) is 0 Å². The van der Waals surface area contributed by atoms with Gasteiger partial charge in [-0.2, -0.15) is 0 Å². The van der Waals surface area contributed by atoms with E-state index < -0.39 is 5.97 Å². The number of hydrogen-bond acceptors (Lipinski definition) is 5. The van der Waals surface area contributed by atoms with E-state index in [4.69, 9.17) is 19.1 Å². The monoisotopic (exact) mass is 263 g/mol. The third kappa shape index (κ3) is 2.37. The topological polar surface area (TPSA) is 81.8 Å². The second kappa shape index (κ2) is 5.01. The minimum absolute atomic E-state index is 0.148. The van der Waals surface area contributed by atoms with E-state index in [2.05, 4.69) is 5.16 Å². The van der Waals surface area contributed by atoms with Crippen molar-refractivity contribution in [2.24, 2.45) is 0 Å². The lowest BCUT2D eigenvalue weighted by Gasteiger charge is -2.10. The van der Waals surface area contributed by atoms with Gasteiger partial charge < -0.3 is 19.1 Å². The minimum Gasteiger partial charge on any atom is -0.496 e. The van der Waals surface area contributed by atoms with Gasteiger partial charge in [-0.15, -0.1) is 0 Å². The fourth-order valence-corrected chi connectivity index (χ4v) is 1.75. The lowest BCUT2D eigenvalue weighted by molar-refractivity contribution is 0.0686. The molecule has 0 saturated heterocycles. The number of aromatic nitrogens is 1. The Hall–Kier alpha value is -2.50. The highest BCUT2D eigenvalue weighted by Gasteiger charge is 2.17. The lowest BCUT2D eigenvalue weighted by atomic mass is 10.1. The molecule has 0 aliphatic rings. The van der Waals surface area contributed by atoms with Gasteiger partial charge in [0.25, 0.3) is 0 Å². The second-order valence-electron chi connectivity index (χ2n) is 3.90. The van der Waals surface area contributed by atoms with Crippen LogP contribution < -0.4 is 9.47 Å². The van der Waals surface area contributed by atoms with Crippen LogP contribution in [0.1, 0.15) is 16.1 Å². The van der Waals surface area contributed by atoms with Gasteiger partial charge in [0.2, 0.25) is 0 Å². The maximum atomic E-state index is 10.8. The number of methoxy groups -OCH3 is 2. The van der Waals surface area contributed by atoms with Crippen molar-refractivity contribution < 1.29 is 23.9 Å². The molecular weight excluding hydrogens is 250 g/mol. The van der Waals surface area contributed by atoms with Crippen molar-refractivity contribution >= 4 is 5.97 Å². The van der Waals surface area contributed by atoms with Crippen molar-refractivity contribution in [1.82, 2.24) is 5.16 Å². The Morgan fingerprint density at radius 3 is 2.42 bits per heavy atom. The number of carboxylic acid groups (broad SMARTS) is 1. The standard InChI is InChI=1S/C13H13NO5/c1-7-4-8(11(18-3)6-10(7)17-2)12-5-9(13(15)16)14-19-12/h4-6H,1-3H3,(H,15,16). The fraction of sp³-hybridized carbons (Fsp3) is 0.231. The highest BCUT2D eigenvalue weighted by molar-refractivity contribution is 5.86. The van der Waals surface area contributed by atoms with E-state index in [-0.39, 0.29) is 5.69 Å². The van der Waals surface area contributed by atoms with Gasteiger partial charge in [0.1, 0.15) is 11.5 Å². The molecule has 2 aromatic rings. The van der Waals surface area contributed by atoms with Crippen LogP contribution in [-0.4, -0.2) is 30.5 Å². The van der Waals surface area contributed by atoms with Gasteiger partial charge in [-0.3, -0.25) is 0 Å². The summed E-state index contributed by atoms with van der Waals surface area (Å²) in [6.45, 7) is 1.87. The Labute approximate surface area is 109 Å². The number of carbonyl (C=O) groups is 1. The average molecular weight is 263 g/mol. The van der Waals surface area contributed by atoms with E-state index in [1.54, 1.807) is 19.2 Å². The summed E-state index contributed by atoms with van der Waals surface area (Å²) in [5, 5.41) is 12.3. The summed E-state index contributed by atoms with van der Waals surface area (Å²) in [4.78, 5) is 10.8. The first-order chi connectivity index (χ1) is 9.06. The summed E-state index contributed by atoms with van der Waals surface area (Å²) in [6.07, 6.45) is 0. The van der Waals surface area contributed by atoms with Crippen molar-refractivity contribution in [1.29, 1.82) is 0 Å². The molecule has 0 aliphatic heterocycles. The molecule has 0 unspecified atom stereocenters. The predicted molar refractivity (Wildman–Crippen MR) is 66.7 cm³/mol. The molecule has 1 aromatic carbocycles. The fourth-order valence-electron chi connectivity index (χ4n) is 1.75. The number of benzene rings is 1. The zero-order valence-electron chi connectivity index (χ0n) is 10.8. The Morgan fingerprint density at radius 2 is 1.89 bits per heavy atom. The summed E-state index contributed by atoms with van der Waals surface area (Å²) < 4.78 is 15.5. The molecular formula is C13H13NO5. The average Bonchev–Trinajstić information content (AvgIpc) is 2.88. The summed E-state index contributed by atoms with van der Waals surface area (Å²) >= 11 is 0. The molecule has 1 aromatic heterocycles. The van der Waals surface area contributed by atoms with E-state index in [0.717, 1.165) is 5.56 Å². The zero-order valence-corrected chi connectivity index (χ0v) is 10.8. The predicted octanol–water partition coefficient (Wildman–Crippen LogP) is 2.37. The van der Waals surface area contributed by atoms with Gasteiger partial charge >= 0.3 is 5.97 Å². The van der Waals surface area contributed by atoms with Crippen LogP contribution in [0.15, 0.2) is 22.7 Å². The van der Waals surface area contributed by atoms with Crippen molar-refractivity contribution in [2.75, 3.05) is 14.2 Å². The summed E-state index contributed by atoms with van der Waals surface area (Å²) in [5.41, 5.74) is 1.36. The molecule has 1 heterocycles. The number of rotatable bonds is 4. The van der Waals surface area contributed by atoms with E-state index in [0.29, 0.717) is 22.8 Å². The Balaban J connectivity index is 2.53. The van der Waals surface area contributed by atoms with E-state index in [9.17, 15) is 4.79 Å². The molecule has 19 heavy (non-hydrogen) atoms. The van der Waals surface area contributed by atoms with E-state index in [1.807, 2.05) is 6.92 Å². The van der Waals surface area contributed by atoms with Crippen LogP contribution in [0.5, 0.6) is 11.5 Å². The molecule has 1 N–H and O–H groups in total. The van der Waals surface area contributed by atoms with Gasteiger partial charge in [0.15, 0.2) is 11.5 Å². The van der Waals surface area contributed by atoms with Crippen LogP contribution in [0, 0.1) is 6.92 Å². The number of hydrogen-bond donors (Lipinski definition) is 1. The van der Waals surface area contributed by atoms with Crippen molar-refractivity contribution in [3.05, 3.63) is 29.5 Å². The van der Waals surface area contributed by atoms with E-state index in [1.165, 1.54) is 13.2 Å². The lowest BCUT2D eigenvalue weighted by Crippen LogP contribution is -1.95. The maximum Gasteiger partial charge on any atom is 0.358 e. The van der Waals surface area contributed by atoms with Gasteiger partial charge in [-0.25, -0.2) is 4.79 Å². The number of ether oxygens (including phenoxy) is 2. The quantitative estimate of drug-likeness (QED) is 0.911.